The van der Waals surface area contributed by atoms with Crippen molar-refractivity contribution in [3.63, 3.8) is 0 Å². The second-order valence-electron chi connectivity index (χ2n) is 6.26. The second-order valence-corrected chi connectivity index (χ2v) is 7.22. The highest BCUT2D eigenvalue weighted by atomic mass is 32.2. The Hall–Kier alpha value is -2.28. The van der Waals surface area contributed by atoms with Crippen molar-refractivity contribution in [2.75, 3.05) is 5.75 Å². The van der Waals surface area contributed by atoms with E-state index in [1.807, 2.05) is 51.1 Å². The normalized spacial score (nSPS) is 12.2. The molecule has 7 heteroatoms. The van der Waals surface area contributed by atoms with Gasteiger partial charge in [0.1, 0.15) is 0 Å². The molecule has 0 radical (unpaired) electrons. The Morgan fingerprint density at radius 1 is 1.28 bits per heavy atom. The molecule has 2 aromatic rings. The quantitative estimate of drug-likeness (QED) is 0.520. The molecule has 0 aliphatic heterocycles. The van der Waals surface area contributed by atoms with Crippen molar-refractivity contribution >= 4 is 17.7 Å². The molecule has 3 N–H and O–H groups in total. The second kappa shape index (κ2) is 8.71. The van der Waals surface area contributed by atoms with Crippen LogP contribution in [0.15, 0.2) is 40.3 Å². The molecule has 1 aromatic carbocycles. The van der Waals surface area contributed by atoms with Crippen molar-refractivity contribution in [1.82, 2.24) is 15.3 Å². The van der Waals surface area contributed by atoms with Gasteiger partial charge in [0.05, 0.1) is 17.4 Å². The zero-order valence-corrected chi connectivity index (χ0v) is 15.4. The summed E-state index contributed by atoms with van der Waals surface area (Å²) in [6.45, 7) is 5.82. The van der Waals surface area contributed by atoms with Crippen molar-refractivity contribution in [3.05, 3.63) is 51.8 Å². The van der Waals surface area contributed by atoms with Gasteiger partial charge in [-0.15, -0.1) is 0 Å². The standard InChI is InChI=1S/C18H23N3O3S/c1-11(2)9-14-16(23)20-18(21-17(14)24)25-10-15(22)19-12(3)13-7-5-4-6-8-13/h4-8,11-12H,9-10H2,1-3H3,(H,19,22)(H2,20,21,23,24). The molecule has 2 rings (SSSR count). The summed E-state index contributed by atoms with van der Waals surface area (Å²) in [5, 5.41) is 13.1. The molecule has 0 aliphatic carbocycles. The number of amides is 1. The number of H-pyrrole nitrogens is 1. The van der Waals surface area contributed by atoms with E-state index >= 15 is 0 Å². The number of carbonyl (C=O) groups excluding carboxylic acids is 1. The van der Waals surface area contributed by atoms with E-state index in [2.05, 4.69) is 15.3 Å². The lowest BCUT2D eigenvalue weighted by molar-refractivity contribution is -0.119. The topological polar surface area (TPSA) is 95.1 Å². The first-order valence-electron chi connectivity index (χ1n) is 8.16. The SMILES string of the molecule is CC(C)Cc1c(O)nc(SCC(=O)NC(C)c2ccccc2)[nH]c1=O. The minimum absolute atomic E-state index is 0.100. The van der Waals surface area contributed by atoms with Gasteiger partial charge in [0.15, 0.2) is 5.16 Å². The zero-order chi connectivity index (χ0) is 18.4. The molecular formula is C18H23N3O3S. The summed E-state index contributed by atoms with van der Waals surface area (Å²) in [6.07, 6.45) is 0.453. The first kappa shape index (κ1) is 19.1. The minimum Gasteiger partial charge on any atom is -0.493 e. The molecule has 0 fully saturated rings. The molecule has 0 spiro atoms. The van der Waals surface area contributed by atoms with Gasteiger partial charge in [-0.2, -0.15) is 4.98 Å². The molecule has 1 aromatic heterocycles. The number of nitrogens with zero attached hydrogens (tertiary/aromatic N) is 1. The van der Waals surface area contributed by atoms with E-state index in [-0.39, 0.29) is 45.8 Å². The number of aromatic nitrogens is 2. The van der Waals surface area contributed by atoms with Crippen molar-refractivity contribution in [1.29, 1.82) is 0 Å². The number of rotatable bonds is 7. The lowest BCUT2D eigenvalue weighted by Crippen LogP contribution is -2.28. The molecule has 134 valence electrons. The van der Waals surface area contributed by atoms with Gasteiger partial charge >= 0.3 is 0 Å². The molecule has 6 nitrogen and oxygen atoms in total. The fourth-order valence-electron chi connectivity index (χ4n) is 2.37. The largest absolute Gasteiger partial charge is 0.493 e. The summed E-state index contributed by atoms with van der Waals surface area (Å²) in [5.41, 5.74) is 0.936. The van der Waals surface area contributed by atoms with Crippen LogP contribution in [0.4, 0.5) is 0 Å². The summed E-state index contributed by atoms with van der Waals surface area (Å²) in [5.74, 6) is -0.103. The molecule has 1 unspecified atom stereocenters. The van der Waals surface area contributed by atoms with Crippen LogP contribution in [-0.2, 0) is 11.2 Å². The van der Waals surface area contributed by atoms with Gasteiger partial charge in [-0.1, -0.05) is 55.9 Å². The average Bonchev–Trinajstić information content (AvgIpc) is 2.57. The Bertz CT molecular complexity index is 775. The molecule has 1 heterocycles. The number of carbonyl (C=O) groups is 1. The molecule has 0 saturated carbocycles. The Balaban J connectivity index is 1.94. The van der Waals surface area contributed by atoms with Crippen LogP contribution in [0.25, 0.3) is 0 Å². The van der Waals surface area contributed by atoms with Crippen LogP contribution >= 0.6 is 11.8 Å². The van der Waals surface area contributed by atoms with E-state index in [1.165, 1.54) is 0 Å². The Morgan fingerprint density at radius 3 is 2.56 bits per heavy atom. The summed E-state index contributed by atoms with van der Waals surface area (Å²) in [7, 11) is 0. The highest BCUT2D eigenvalue weighted by Crippen LogP contribution is 2.19. The van der Waals surface area contributed by atoms with E-state index in [1.54, 1.807) is 0 Å². The molecule has 1 atom stereocenters. The molecule has 0 saturated heterocycles. The maximum atomic E-state index is 12.1. The number of benzene rings is 1. The Kier molecular flexibility index (Phi) is 6.64. The van der Waals surface area contributed by atoms with Crippen LogP contribution in [0, 0.1) is 5.92 Å². The average molecular weight is 361 g/mol. The summed E-state index contributed by atoms with van der Waals surface area (Å²) in [6, 6.07) is 9.55. The predicted octanol–water partition coefficient (Wildman–Crippen LogP) is 2.64. The highest BCUT2D eigenvalue weighted by Gasteiger charge is 2.14. The van der Waals surface area contributed by atoms with Gasteiger partial charge in [-0.3, -0.25) is 9.59 Å². The van der Waals surface area contributed by atoms with Gasteiger partial charge in [0, 0.05) is 0 Å². The first-order chi connectivity index (χ1) is 11.9. The van der Waals surface area contributed by atoms with Gasteiger partial charge < -0.3 is 15.4 Å². The van der Waals surface area contributed by atoms with Crippen LogP contribution in [-0.4, -0.2) is 26.7 Å². The number of nitrogens with one attached hydrogen (secondary N) is 2. The third-order valence-electron chi connectivity index (χ3n) is 3.60. The number of hydrogen-bond acceptors (Lipinski definition) is 5. The number of aromatic hydroxyl groups is 1. The highest BCUT2D eigenvalue weighted by molar-refractivity contribution is 7.99. The summed E-state index contributed by atoms with van der Waals surface area (Å²) < 4.78 is 0. The van der Waals surface area contributed by atoms with Crippen LogP contribution in [0.2, 0.25) is 0 Å². The number of aromatic amines is 1. The summed E-state index contributed by atoms with van der Waals surface area (Å²) >= 11 is 1.08. The van der Waals surface area contributed by atoms with Gasteiger partial charge in [0.25, 0.3) is 5.56 Å². The monoisotopic (exact) mass is 361 g/mol. The van der Waals surface area contributed by atoms with Crippen LogP contribution in [0.1, 0.15) is 37.9 Å². The first-order valence-corrected chi connectivity index (χ1v) is 9.14. The molecule has 0 bridgehead atoms. The molecular weight excluding hydrogens is 338 g/mol. The van der Waals surface area contributed by atoms with Crippen LogP contribution in [0.3, 0.4) is 0 Å². The van der Waals surface area contributed by atoms with E-state index in [0.717, 1.165) is 17.3 Å². The lowest BCUT2D eigenvalue weighted by Gasteiger charge is -2.14. The Morgan fingerprint density at radius 2 is 1.96 bits per heavy atom. The smallest absolute Gasteiger partial charge is 0.258 e. The molecule has 0 aliphatic rings. The van der Waals surface area contributed by atoms with Crippen molar-refractivity contribution in [2.45, 2.75) is 38.4 Å². The van der Waals surface area contributed by atoms with E-state index in [9.17, 15) is 14.7 Å². The third kappa shape index (κ3) is 5.63. The van der Waals surface area contributed by atoms with Crippen molar-refractivity contribution in [3.8, 4) is 5.88 Å². The lowest BCUT2D eigenvalue weighted by atomic mass is 10.1. The predicted molar refractivity (Wildman–Crippen MR) is 98.8 cm³/mol. The van der Waals surface area contributed by atoms with Crippen molar-refractivity contribution in [2.24, 2.45) is 5.92 Å². The van der Waals surface area contributed by atoms with Gasteiger partial charge in [0.2, 0.25) is 11.8 Å². The molecule has 1 amide bonds. The zero-order valence-electron chi connectivity index (χ0n) is 14.6. The van der Waals surface area contributed by atoms with Crippen molar-refractivity contribution < 1.29 is 9.90 Å². The maximum absolute atomic E-state index is 12.1. The van der Waals surface area contributed by atoms with E-state index < -0.39 is 0 Å². The van der Waals surface area contributed by atoms with Gasteiger partial charge in [-0.05, 0) is 24.8 Å². The van der Waals surface area contributed by atoms with E-state index in [0.29, 0.717) is 6.42 Å². The Labute approximate surface area is 151 Å². The minimum atomic E-state index is -0.359. The number of hydrogen-bond donors (Lipinski definition) is 3. The number of thioether (sulfide) groups is 1. The fraction of sp³-hybridized carbons (Fsp3) is 0.389. The summed E-state index contributed by atoms with van der Waals surface area (Å²) in [4.78, 5) is 30.7. The van der Waals surface area contributed by atoms with Gasteiger partial charge in [-0.25, -0.2) is 0 Å². The third-order valence-corrected chi connectivity index (χ3v) is 4.47. The van der Waals surface area contributed by atoms with E-state index in [4.69, 9.17) is 0 Å². The van der Waals surface area contributed by atoms with Crippen LogP contribution in [0.5, 0.6) is 5.88 Å². The maximum Gasteiger partial charge on any atom is 0.258 e. The molecule has 25 heavy (non-hydrogen) atoms. The van der Waals surface area contributed by atoms with Crippen LogP contribution < -0.4 is 10.9 Å². The fourth-order valence-corrected chi connectivity index (χ4v) is 3.04.